The monoisotopic (exact) mass is 482 g/mol. The highest BCUT2D eigenvalue weighted by Crippen LogP contribution is 2.27. The molecule has 0 unspecified atom stereocenters. The van der Waals surface area contributed by atoms with Crippen LogP contribution < -0.4 is 15.0 Å². The summed E-state index contributed by atoms with van der Waals surface area (Å²) in [6.45, 7) is 1.47. The fraction of sp³-hybridized carbons (Fsp3) is 0.276. The number of benzene rings is 3. The lowest BCUT2D eigenvalue weighted by Crippen LogP contribution is -2.38. The lowest BCUT2D eigenvalue weighted by Gasteiger charge is -2.29. The van der Waals surface area contributed by atoms with Gasteiger partial charge in [0.15, 0.2) is 0 Å². The molecule has 0 fully saturated rings. The molecule has 0 spiro atoms. The minimum atomic E-state index is -0.138. The lowest BCUT2D eigenvalue weighted by molar-refractivity contribution is -0.119. The SMILES string of the molecule is COc1cccc(C(=O)NCCCc2nc3ccccc3n2CC(=O)N2CCCc3ccccc32)c1. The van der Waals surface area contributed by atoms with Gasteiger partial charge in [-0.25, -0.2) is 4.98 Å². The van der Waals surface area contributed by atoms with E-state index in [2.05, 4.69) is 11.4 Å². The van der Waals surface area contributed by atoms with E-state index in [1.54, 1.807) is 25.3 Å². The molecular weight excluding hydrogens is 452 g/mol. The standard InChI is InChI=1S/C29H30N4O3/c1-36-23-12-6-10-22(19-23)29(35)30-17-7-16-27-31-24-13-3-5-15-26(24)33(27)20-28(34)32-18-8-11-21-9-2-4-14-25(21)32/h2-6,9-10,12-15,19H,7-8,11,16-18,20H2,1H3,(H,30,35). The van der Waals surface area contributed by atoms with E-state index in [9.17, 15) is 9.59 Å². The molecule has 3 aromatic carbocycles. The Morgan fingerprint density at radius 3 is 2.75 bits per heavy atom. The largest absolute Gasteiger partial charge is 0.497 e. The molecule has 1 aliphatic heterocycles. The molecule has 7 heteroatoms. The van der Waals surface area contributed by atoms with Gasteiger partial charge >= 0.3 is 0 Å². The molecular formula is C29H30N4O3. The van der Waals surface area contributed by atoms with Crippen LogP contribution >= 0.6 is 0 Å². The lowest BCUT2D eigenvalue weighted by atomic mass is 10.0. The number of hydrogen-bond acceptors (Lipinski definition) is 4. The van der Waals surface area contributed by atoms with Crippen LogP contribution in [0.1, 0.15) is 34.6 Å². The quantitative estimate of drug-likeness (QED) is 0.378. The van der Waals surface area contributed by atoms with E-state index >= 15 is 0 Å². The van der Waals surface area contributed by atoms with Gasteiger partial charge in [-0.05, 0) is 61.2 Å². The van der Waals surface area contributed by atoms with E-state index in [1.165, 1.54) is 5.56 Å². The highest BCUT2D eigenvalue weighted by atomic mass is 16.5. The molecule has 7 nitrogen and oxygen atoms in total. The maximum absolute atomic E-state index is 13.5. The number of methoxy groups -OCH3 is 1. The van der Waals surface area contributed by atoms with Gasteiger partial charge in [-0.3, -0.25) is 9.59 Å². The van der Waals surface area contributed by atoms with Crippen LogP contribution in [0.25, 0.3) is 11.0 Å². The Hall–Kier alpha value is -4.13. The van der Waals surface area contributed by atoms with Gasteiger partial charge in [0.25, 0.3) is 5.91 Å². The van der Waals surface area contributed by atoms with E-state index in [1.807, 2.05) is 58.0 Å². The molecule has 36 heavy (non-hydrogen) atoms. The molecule has 1 aromatic heterocycles. The first-order chi connectivity index (χ1) is 17.6. The zero-order chi connectivity index (χ0) is 24.9. The Morgan fingerprint density at radius 1 is 1.03 bits per heavy atom. The van der Waals surface area contributed by atoms with Gasteiger partial charge < -0.3 is 19.5 Å². The number of nitrogens with zero attached hydrogens (tertiary/aromatic N) is 3. The van der Waals surface area contributed by atoms with Gasteiger partial charge in [0, 0.05) is 30.8 Å². The third kappa shape index (κ3) is 4.96. The Balaban J connectivity index is 1.28. The van der Waals surface area contributed by atoms with Crippen LogP contribution in [0.2, 0.25) is 0 Å². The van der Waals surface area contributed by atoms with Crippen molar-refractivity contribution in [2.45, 2.75) is 32.2 Å². The van der Waals surface area contributed by atoms with Crippen molar-refractivity contribution in [2.24, 2.45) is 0 Å². The molecule has 1 N–H and O–H groups in total. The van der Waals surface area contributed by atoms with E-state index < -0.39 is 0 Å². The molecule has 1 aliphatic rings. The van der Waals surface area contributed by atoms with Crippen LogP contribution in [-0.4, -0.2) is 41.6 Å². The second-order valence-electron chi connectivity index (χ2n) is 8.97. The number of imidazole rings is 1. The zero-order valence-corrected chi connectivity index (χ0v) is 20.4. The Bertz CT molecular complexity index is 1390. The van der Waals surface area contributed by atoms with Crippen molar-refractivity contribution in [1.82, 2.24) is 14.9 Å². The number of fused-ring (bicyclic) bond motifs is 2. The maximum Gasteiger partial charge on any atom is 0.251 e. The molecule has 0 saturated heterocycles. The van der Waals surface area contributed by atoms with E-state index in [0.29, 0.717) is 30.7 Å². The number of anilines is 1. The van der Waals surface area contributed by atoms with Crippen molar-refractivity contribution < 1.29 is 14.3 Å². The summed E-state index contributed by atoms with van der Waals surface area (Å²) in [4.78, 5) is 32.7. The van der Waals surface area contributed by atoms with E-state index in [0.717, 1.165) is 41.9 Å². The normalized spacial score (nSPS) is 12.9. The van der Waals surface area contributed by atoms with Crippen LogP contribution in [0, 0.1) is 0 Å². The Morgan fingerprint density at radius 2 is 1.86 bits per heavy atom. The molecule has 5 rings (SSSR count). The molecule has 4 aromatic rings. The summed E-state index contributed by atoms with van der Waals surface area (Å²) < 4.78 is 7.23. The number of carbonyl (C=O) groups excluding carboxylic acids is 2. The minimum Gasteiger partial charge on any atom is -0.497 e. The van der Waals surface area contributed by atoms with Gasteiger partial charge in [-0.1, -0.05) is 36.4 Å². The van der Waals surface area contributed by atoms with Crippen molar-refractivity contribution >= 4 is 28.5 Å². The van der Waals surface area contributed by atoms with Crippen LogP contribution in [0.15, 0.2) is 72.8 Å². The first-order valence-corrected chi connectivity index (χ1v) is 12.4. The third-order valence-corrected chi connectivity index (χ3v) is 6.63. The molecule has 0 saturated carbocycles. The van der Waals surface area contributed by atoms with Gasteiger partial charge in [-0.15, -0.1) is 0 Å². The molecule has 2 heterocycles. The fourth-order valence-electron chi connectivity index (χ4n) is 4.82. The van der Waals surface area contributed by atoms with Crippen molar-refractivity contribution in [2.75, 3.05) is 25.1 Å². The summed E-state index contributed by atoms with van der Waals surface area (Å²) in [6.07, 6.45) is 3.32. The molecule has 0 radical (unpaired) electrons. The van der Waals surface area contributed by atoms with Crippen molar-refractivity contribution in [3.05, 3.63) is 89.7 Å². The number of carbonyl (C=O) groups is 2. The number of ether oxygens (including phenoxy) is 1. The average molecular weight is 483 g/mol. The molecule has 0 atom stereocenters. The van der Waals surface area contributed by atoms with Crippen LogP contribution in [-0.2, 0) is 24.2 Å². The topological polar surface area (TPSA) is 76.5 Å². The summed E-state index contributed by atoms with van der Waals surface area (Å²) in [5, 5.41) is 2.97. The van der Waals surface area contributed by atoms with Crippen LogP contribution in [0.4, 0.5) is 5.69 Å². The van der Waals surface area contributed by atoms with Crippen molar-refractivity contribution in [3.63, 3.8) is 0 Å². The molecule has 0 bridgehead atoms. The number of para-hydroxylation sites is 3. The smallest absolute Gasteiger partial charge is 0.251 e. The Labute approximate surface area is 210 Å². The zero-order valence-electron chi connectivity index (χ0n) is 20.4. The number of aryl methyl sites for hydroxylation is 2. The van der Waals surface area contributed by atoms with Crippen LogP contribution in [0.5, 0.6) is 5.75 Å². The van der Waals surface area contributed by atoms with E-state index in [4.69, 9.17) is 9.72 Å². The first-order valence-electron chi connectivity index (χ1n) is 12.4. The number of hydrogen-bond donors (Lipinski definition) is 1. The number of amides is 2. The first kappa shape index (κ1) is 23.6. The molecule has 184 valence electrons. The molecule has 2 amide bonds. The van der Waals surface area contributed by atoms with Gasteiger partial charge in [0.05, 0.1) is 18.1 Å². The predicted molar refractivity (Wildman–Crippen MR) is 140 cm³/mol. The second kappa shape index (κ2) is 10.6. The van der Waals surface area contributed by atoms with Crippen molar-refractivity contribution in [3.8, 4) is 5.75 Å². The van der Waals surface area contributed by atoms with Gasteiger partial charge in [0.1, 0.15) is 18.1 Å². The molecule has 0 aliphatic carbocycles. The van der Waals surface area contributed by atoms with Crippen LogP contribution in [0.3, 0.4) is 0 Å². The number of nitrogens with one attached hydrogen (secondary N) is 1. The summed E-state index contributed by atoms with van der Waals surface area (Å²) in [5.74, 6) is 1.43. The average Bonchev–Trinajstić information content (AvgIpc) is 3.27. The highest BCUT2D eigenvalue weighted by Gasteiger charge is 2.24. The summed E-state index contributed by atoms with van der Waals surface area (Å²) in [6, 6.07) is 23.2. The maximum atomic E-state index is 13.5. The minimum absolute atomic E-state index is 0.0675. The fourth-order valence-corrected chi connectivity index (χ4v) is 4.82. The third-order valence-electron chi connectivity index (χ3n) is 6.63. The van der Waals surface area contributed by atoms with E-state index in [-0.39, 0.29) is 18.4 Å². The second-order valence-corrected chi connectivity index (χ2v) is 8.97. The highest BCUT2D eigenvalue weighted by molar-refractivity contribution is 5.95. The van der Waals surface area contributed by atoms with Gasteiger partial charge in [-0.2, -0.15) is 0 Å². The number of aromatic nitrogens is 2. The van der Waals surface area contributed by atoms with Crippen molar-refractivity contribution in [1.29, 1.82) is 0 Å². The number of rotatable bonds is 8. The Kier molecular flexibility index (Phi) is 6.98. The summed E-state index contributed by atoms with van der Waals surface area (Å²) in [5.41, 5.74) is 4.62. The van der Waals surface area contributed by atoms with Gasteiger partial charge in [0.2, 0.25) is 5.91 Å². The summed E-state index contributed by atoms with van der Waals surface area (Å²) in [7, 11) is 1.58. The predicted octanol–water partition coefficient (Wildman–Crippen LogP) is 4.39. The summed E-state index contributed by atoms with van der Waals surface area (Å²) >= 11 is 0.